The van der Waals surface area contributed by atoms with Crippen molar-refractivity contribution < 1.29 is 9.59 Å². The van der Waals surface area contributed by atoms with Crippen LogP contribution in [0.5, 0.6) is 0 Å². The predicted octanol–water partition coefficient (Wildman–Crippen LogP) is 2.54. The van der Waals surface area contributed by atoms with Crippen molar-refractivity contribution in [1.82, 2.24) is 4.90 Å². The highest BCUT2D eigenvalue weighted by atomic mass is 16.2. The number of benzene rings is 1. The molecule has 1 aliphatic heterocycles. The number of rotatable bonds is 0. The van der Waals surface area contributed by atoms with Crippen molar-refractivity contribution in [1.29, 1.82) is 0 Å². The lowest BCUT2D eigenvalue weighted by Gasteiger charge is -2.40. The smallest absolute Gasteiger partial charge is 0.299 e. The van der Waals surface area contributed by atoms with Gasteiger partial charge in [0.05, 0.1) is 0 Å². The molecular formula is C18H19NO2. The number of nitrogens with zero attached hydrogens (tertiary/aromatic N) is 1. The second-order valence-electron chi connectivity index (χ2n) is 5.94. The van der Waals surface area contributed by atoms with Crippen LogP contribution in [0.4, 0.5) is 0 Å². The van der Waals surface area contributed by atoms with Crippen molar-refractivity contribution in [2.75, 3.05) is 6.54 Å². The minimum absolute atomic E-state index is 0.0919. The lowest BCUT2D eigenvalue weighted by molar-refractivity contribution is -0.133. The van der Waals surface area contributed by atoms with E-state index < -0.39 is 0 Å². The third kappa shape index (κ3) is 2.85. The maximum Gasteiger partial charge on any atom is 0.299 e. The molecule has 2 fully saturated rings. The molecule has 0 aromatic heterocycles. The van der Waals surface area contributed by atoms with E-state index in [0.717, 1.165) is 37.8 Å². The summed E-state index contributed by atoms with van der Waals surface area (Å²) in [6.45, 7) is 0.774. The molecule has 0 atom stereocenters. The Morgan fingerprint density at radius 2 is 1.81 bits per heavy atom. The molecule has 21 heavy (non-hydrogen) atoms. The average Bonchev–Trinajstić information content (AvgIpc) is 2.93. The van der Waals surface area contributed by atoms with Gasteiger partial charge in [0.25, 0.3) is 5.91 Å². The highest BCUT2D eigenvalue weighted by molar-refractivity contribution is 5.95. The van der Waals surface area contributed by atoms with Gasteiger partial charge in [0, 0.05) is 36.4 Å². The topological polar surface area (TPSA) is 37.4 Å². The Kier molecular flexibility index (Phi) is 3.79. The van der Waals surface area contributed by atoms with Gasteiger partial charge < -0.3 is 4.90 Å². The third-order valence-corrected chi connectivity index (χ3v) is 4.67. The number of amides is 1. The van der Waals surface area contributed by atoms with Crippen LogP contribution in [0.3, 0.4) is 0 Å². The molecule has 0 radical (unpaired) electrons. The highest BCUT2D eigenvalue weighted by Gasteiger charge is 2.45. The first-order chi connectivity index (χ1) is 10.2. The van der Waals surface area contributed by atoms with E-state index in [9.17, 15) is 9.59 Å². The van der Waals surface area contributed by atoms with Gasteiger partial charge in [-0.2, -0.15) is 0 Å². The fourth-order valence-electron chi connectivity index (χ4n) is 3.48. The molecule has 2 aliphatic rings. The van der Waals surface area contributed by atoms with Crippen molar-refractivity contribution in [2.45, 2.75) is 44.1 Å². The first kappa shape index (κ1) is 13.9. The fourth-order valence-corrected chi connectivity index (χ4v) is 3.48. The van der Waals surface area contributed by atoms with Crippen LogP contribution < -0.4 is 0 Å². The Morgan fingerprint density at radius 1 is 1.10 bits per heavy atom. The van der Waals surface area contributed by atoms with Gasteiger partial charge in [0.15, 0.2) is 0 Å². The van der Waals surface area contributed by atoms with E-state index in [2.05, 4.69) is 11.8 Å². The molecule has 3 rings (SSSR count). The summed E-state index contributed by atoms with van der Waals surface area (Å²) < 4.78 is 0. The number of carbonyl (C=O) groups is 2. The zero-order valence-corrected chi connectivity index (χ0v) is 12.1. The molecule has 0 N–H and O–H groups in total. The molecule has 3 nitrogen and oxygen atoms in total. The van der Waals surface area contributed by atoms with Gasteiger partial charge in [-0.3, -0.25) is 9.59 Å². The third-order valence-electron chi connectivity index (χ3n) is 4.67. The van der Waals surface area contributed by atoms with Crippen LogP contribution in [0.1, 0.15) is 44.1 Å². The Bertz CT molecular complexity index is 599. The van der Waals surface area contributed by atoms with Crippen molar-refractivity contribution in [3.8, 4) is 11.8 Å². The highest BCUT2D eigenvalue weighted by Crippen LogP contribution is 2.40. The normalized spacial score (nSPS) is 20.2. The zero-order chi connectivity index (χ0) is 14.7. The Labute approximate surface area is 125 Å². The number of ketones is 1. The largest absolute Gasteiger partial charge is 0.326 e. The Balaban J connectivity index is 1.75. The monoisotopic (exact) mass is 281 g/mol. The van der Waals surface area contributed by atoms with Gasteiger partial charge in [-0.05, 0) is 37.8 Å². The molecule has 1 saturated heterocycles. The molecule has 1 saturated carbocycles. The van der Waals surface area contributed by atoms with E-state index in [1.54, 1.807) is 0 Å². The lowest BCUT2D eigenvalue weighted by Crippen LogP contribution is -2.49. The van der Waals surface area contributed by atoms with Crippen molar-refractivity contribution in [2.24, 2.45) is 0 Å². The van der Waals surface area contributed by atoms with Gasteiger partial charge in [-0.15, -0.1) is 0 Å². The Morgan fingerprint density at radius 3 is 2.52 bits per heavy atom. The summed E-state index contributed by atoms with van der Waals surface area (Å²) in [5, 5.41) is 0. The van der Waals surface area contributed by atoms with Crippen molar-refractivity contribution >= 4 is 11.7 Å². The van der Waals surface area contributed by atoms with Gasteiger partial charge in [-0.1, -0.05) is 24.1 Å². The average molecular weight is 281 g/mol. The van der Waals surface area contributed by atoms with E-state index in [-0.39, 0.29) is 11.4 Å². The summed E-state index contributed by atoms with van der Waals surface area (Å²) in [5.74, 6) is 5.96. The summed E-state index contributed by atoms with van der Waals surface area (Å²) in [7, 11) is 0. The fraction of sp³-hybridized carbons (Fsp3) is 0.444. The second-order valence-corrected chi connectivity index (χ2v) is 5.94. The minimum Gasteiger partial charge on any atom is -0.326 e. The summed E-state index contributed by atoms with van der Waals surface area (Å²) in [4.78, 5) is 25.8. The van der Waals surface area contributed by atoms with E-state index >= 15 is 0 Å². The zero-order valence-electron chi connectivity index (χ0n) is 12.1. The summed E-state index contributed by atoms with van der Waals surface area (Å²) in [5.41, 5.74) is 0.758. The SMILES string of the molecule is O=C1CCC2(CCCN2C(=O)C#Cc2ccccc2)CC1. The molecule has 1 amide bonds. The van der Waals surface area contributed by atoms with Crippen LogP contribution in [0, 0.1) is 11.8 Å². The quantitative estimate of drug-likeness (QED) is 0.685. The van der Waals surface area contributed by atoms with E-state index in [4.69, 9.17) is 0 Å². The van der Waals surface area contributed by atoms with E-state index in [0.29, 0.717) is 18.6 Å². The summed E-state index contributed by atoms with van der Waals surface area (Å²) in [6.07, 6.45) is 4.87. The van der Waals surface area contributed by atoms with E-state index in [1.807, 2.05) is 35.2 Å². The van der Waals surface area contributed by atoms with Crippen LogP contribution in [0.25, 0.3) is 0 Å². The number of hydrogen-bond acceptors (Lipinski definition) is 2. The van der Waals surface area contributed by atoms with Crippen molar-refractivity contribution in [3.05, 3.63) is 35.9 Å². The number of hydrogen-bond donors (Lipinski definition) is 0. The Hall–Kier alpha value is -2.08. The molecular weight excluding hydrogens is 262 g/mol. The summed E-state index contributed by atoms with van der Waals surface area (Å²) in [6, 6.07) is 9.57. The van der Waals surface area contributed by atoms with Crippen LogP contribution in [-0.2, 0) is 9.59 Å². The molecule has 1 spiro atoms. The molecule has 1 aromatic carbocycles. The van der Waals surface area contributed by atoms with Gasteiger partial charge in [0.1, 0.15) is 5.78 Å². The number of likely N-dealkylation sites (tertiary alicyclic amines) is 1. The molecule has 1 heterocycles. The predicted molar refractivity (Wildman–Crippen MR) is 80.5 cm³/mol. The first-order valence-electron chi connectivity index (χ1n) is 7.60. The molecule has 1 aromatic rings. The van der Waals surface area contributed by atoms with E-state index in [1.165, 1.54) is 0 Å². The molecule has 3 heteroatoms. The maximum absolute atomic E-state index is 12.4. The lowest BCUT2D eigenvalue weighted by atomic mass is 9.79. The minimum atomic E-state index is -0.101. The van der Waals surface area contributed by atoms with Crippen LogP contribution >= 0.6 is 0 Å². The van der Waals surface area contributed by atoms with Crippen LogP contribution in [0.2, 0.25) is 0 Å². The second kappa shape index (κ2) is 5.73. The standard InChI is InChI=1S/C18H19NO2/c20-16-9-12-18(13-10-16)11-4-14-19(18)17(21)8-7-15-5-2-1-3-6-15/h1-3,5-6H,4,9-14H2. The summed E-state index contributed by atoms with van der Waals surface area (Å²) >= 11 is 0. The van der Waals surface area contributed by atoms with Crippen LogP contribution in [0.15, 0.2) is 30.3 Å². The molecule has 1 aliphatic carbocycles. The first-order valence-corrected chi connectivity index (χ1v) is 7.60. The van der Waals surface area contributed by atoms with Crippen molar-refractivity contribution in [3.63, 3.8) is 0 Å². The molecule has 0 unspecified atom stereocenters. The van der Waals surface area contributed by atoms with Gasteiger partial charge in [-0.25, -0.2) is 0 Å². The molecule has 108 valence electrons. The van der Waals surface area contributed by atoms with Gasteiger partial charge in [0.2, 0.25) is 0 Å². The maximum atomic E-state index is 12.4. The number of Topliss-reactive ketones (excluding diaryl/α,β-unsaturated/α-hetero) is 1. The van der Waals surface area contributed by atoms with Gasteiger partial charge >= 0.3 is 0 Å². The molecule has 0 bridgehead atoms. The number of carbonyl (C=O) groups excluding carboxylic acids is 2. The van der Waals surface area contributed by atoms with Crippen LogP contribution in [-0.4, -0.2) is 28.7 Å².